The molecule has 7 nitrogen and oxygen atoms in total. The standard InChI is InChI=1S/C16H16N4O3/c1-2-9-20(16(21)12-5-7-17-8-6-12)11-14-18-19-15(23-14)13-4-3-10-22-13/h3-8,10H,2,9,11H2,1H3. The number of carbonyl (C=O) groups excluding carboxylic acids is 1. The van der Waals surface area contributed by atoms with Gasteiger partial charge in [0, 0.05) is 24.5 Å². The zero-order valence-corrected chi connectivity index (χ0v) is 12.7. The third-order valence-electron chi connectivity index (χ3n) is 3.23. The molecule has 0 saturated carbocycles. The van der Waals surface area contributed by atoms with Crippen molar-refractivity contribution < 1.29 is 13.6 Å². The van der Waals surface area contributed by atoms with Crippen LogP contribution in [0.1, 0.15) is 29.6 Å². The van der Waals surface area contributed by atoms with E-state index in [1.165, 1.54) is 6.26 Å². The van der Waals surface area contributed by atoms with Crippen molar-refractivity contribution in [1.29, 1.82) is 0 Å². The Kier molecular flexibility index (Phi) is 4.46. The average molecular weight is 312 g/mol. The van der Waals surface area contributed by atoms with E-state index >= 15 is 0 Å². The summed E-state index contributed by atoms with van der Waals surface area (Å²) < 4.78 is 10.8. The molecule has 0 unspecified atom stereocenters. The van der Waals surface area contributed by atoms with E-state index in [4.69, 9.17) is 8.83 Å². The zero-order chi connectivity index (χ0) is 16.1. The Morgan fingerprint density at radius 2 is 2.04 bits per heavy atom. The molecule has 118 valence electrons. The molecule has 0 radical (unpaired) electrons. The normalized spacial score (nSPS) is 10.7. The molecule has 3 rings (SSSR count). The maximum atomic E-state index is 12.6. The van der Waals surface area contributed by atoms with E-state index in [1.807, 2.05) is 6.92 Å². The Morgan fingerprint density at radius 3 is 2.74 bits per heavy atom. The van der Waals surface area contributed by atoms with Crippen LogP contribution < -0.4 is 0 Å². The first-order valence-electron chi connectivity index (χ1n) is 7.33. The molecule has 0 N–H and O–H groups in total. The molecule has 23 heavy (non-hydrogen) atoms. The highest BCUT2D eigenvalue weighted by atomic mass is 16.4. The van der Waals surface area contributed by atoms with Crippen molar-refractivity contribution in [3.8, 4) is 11.7 Å². The minimum Gasteiger partial charge on any atom is -0.459 e. The molecule has 7 heteroatoms. The van der Waals surface area contributed by atoms with Gasteiger partial charge in [0.2, 0.25) is 5.89 Å². The highest BCUT2D eigenvalue weighted by Gasteiger charge is 2.19. The van der Waals surface area contributed by atoms with E-state index in [-0.39, 0.29) is 12.5 Å². The van der Waals surface area contributed by atoms with E-state index in [9.17, 15) is 4.79 Å². The fraction of sp³-hybridized carbons (Fsp3) is 0.250. The summed E-state index contributed by atoms with van der Waals surface area (Å²) in [6, 6.07) is 6.86. The van der Waals surface area contributed by atoms with Crippen molar-refractivity contribution in [1.82, 2.24) is 20.1 Å². The first-order chi connectivity index (χ1) is 11.3. The highest BCUT2D eigenvalue weighted by molar-refractivity contribution is 5.93. The molecule has 3 aromatic rings. The third kappa shape index (κ3) is 3.45. The van der Waals surface area contributed by atoms with Crippen LogP contribution in [0.4, 0.5) is 0 Å². The van der Waals surface area contributed by atoms with Crippen molar-refractivity contribution in [3.63, 3.8) is 0 Å². The lowest BCUT2D eigenvalue weighted by atomic mass is 10.2. The van der Waals surface area contributed by atoms with Gasteiger partial charge in [0.15, 0.2) is 5.76 Å². The lowest BCUT2D eigenvalue weighted by molar-refractivity contribution is 0.0728. The maximum Gasteiger partial charge on any atom is 0.283 e. The smallest absolute Gasteiger partial charge is 0.283 e. The van der Waals surface area contributed by atoms with Gasteiger partial charge in [-0.05, 0) is 30.7 Å². The number of furan rings is 1. The SMILES string of the molecule is CCCN(Cc1nnc(-c2ccco2)o1)C(=O)c1ccncc1. The second-order valence-corrected chi connectivity index (χ2v) is 4.94. The van der Waals surface area contributed by atoms with Gasteiger partial charge in [0.1, 0.15) is 0 Å². The van der Waals surface area contributed by atoms with Gasteiger partial charge in [-0.3, -0.25) is 9.78 Å². The van der Waals surface area contributed by atoms with Gasteiger partial charge < -0.3 is 13.7 Å². The minimum absolute atomic E-state index is 0.0907. The quantitative estimate of drug-likeness (QED) is 0.695. The van der Waals surface area contributed by atoms with Gasteiger partial charge in [-0.15, -0.1) is 10.2 Å². The van der Waals surface area contributed by atoms with Crippen molar-refractivity contribution >= 4 is 5.91 Å². The van der Waals surface area contributed by atoms with Gasteiger partial charge in [0.25, 0.3) is 11.8 Å². The molecular weight excluding hydrogens is 296 g/mol. The van der Waals surface area contributed by atoms with Crippen molar-refractivity contribution in [3.05, 3.63) is 54.4 Å². The van der Waals surface area contributed by atoms with Gasteiger partial charge >= 0.3 is 0 Å². The summed E-state index contributed by atoms with van der Waals surface area (Å²) in [5, 5.41) is 7.93. The highest BCUT2D eigenvalue weighted by Crippen LogP contribution is 2.19. The summed E-state index contributed by atoms with van der Waals surface area (Å²) >= 11 is 0. The van der Waals surface area contributed by atoms with Crippen LogP contribution in [0.25, 0.3) is 11.7 Å². The predicted octanol–water partition coefficient (Wildman–Crippen LogP) is 2.78. The maximum absolute atomic E-state index is 12.6. The predicted molar refractivity (Wildman–Crippen MR) is 81.3 cm³/mol. The molecule has 3 heterocycles. The molecule has 0 spiro atoms. The Balaban J connectivity index is 1.76. The van der Waals surface area contributed by atoms with Crippen molar-refractivity contribution in [2.45, 2.75) is 19.9 Å². The second kappa shape index (κ2) is 6.87. The zero-order valence-electron chi connectivity index (χ0n) is 12.7. The summed E-state index contributed by atoms with van der Waals surface area (Å²) in [5.74, 6) is 1.09. The lowest BCUT2D eigenvalue weighted by Crippen LogP contribution is -2.31. The second-order valence-electron chi connectivity index (χ2n) is 4.94. The Labute approximate surface area is 133 Å². The molecule has 0 atom stereocenters. The minimum atomic E-state index is -0.0907. The van der Waals surface area contributed by atoms with Crippen LogP contribution in [0, 0.1) is 0 Å². The van der Waals surface area contributed by atoms with Crippen LogP contribution in [0.2, 0.25) is 0 Å². The van der Waals surface area contributed by atoms with Gasteiger partial charge in [-0.1, -0.05) is 6.92 Å². The van der Waals surface area contributed by atoms with Crippen LogP contribution in [-0.4, -0.2) is 32.5 Å². The fourth-order valence-corrected chi connectivity index (χ4v) is 2.18. The summed E-state index contributed by atoms with van der Waals surface area (Å²) in [7, 11) is 0. The first kappa shape index (κ1) is 15.0. The van der Waals surface area contributed by atoms with Gasteiger partial charge in [-0.2, -0.15) is 0 Å². The van der Waals surface area contributed by atoms with Crippen LogP contribution >= 0.6 is 0 Å². The van der Waals surface area contributed by atoms with Crippen LogP contribution in [-0.2, 0) is 6.54 Å². The Morgan fingerprint density at radius 1 is 1.22 bits per heavy atom. The number of amides is 1. The molecule has 1 amide bonds. The largest absolute Gasteiger partial charge is 0.459 e. The van der Waals surface area contributed by atoms with E-state index in [1.54, 1.807) is 41.6 Å². The van der Waals surface area contributed by atoms with Crippen molar-refractivity contribution in [2.75, 3.05) is 6.54 Å². The molecular formula is C16H16N4O3. The number of pyridine rings is 1. The molecule has 3 aromatic heterocycles. The molecule has 0 aliphatic heterocycles. The number of hydrogen-bond acceptors (Lipinski definition) is 6. The van der Waals surface area contributed by atoms with Gasteiger partial charge in [-0.25, -0.2) is 0 Å². The molecule has 0 bridgehead atoms. The fourth-order valence-electron chi connectivity index (χ4n) is 2.18. The molecule has 0 aromatic carbocycles. The summed E-state index contributed by atoms with van der Waals surface area (Å²) in [4.78, 5) is 18.2. The number of hydrogen-bond donors (Lipinski definition) is 0. The number of aromatic nitrogens is 3. The average Bonchev–Trinajstić information content (AvgIpc) is 3.26. The topological polar surface area (TPSA) is 85.3 Å². The van der Waals surface area contributed by atoms with Crippen molar-refractivity contribution in [2.24, 2.45) is 0 Å². The number of rotatable bonds is 6. The summed E-state index contributed by atoms with van der Waals surface area (Å²) in [6.07, 6.45) is 5.56. The molecule has 0 fully saturated rings. The van der Waals surface area contributed by atoms with E-state index in [0.717, 1.165) is 6.42 Å². The lowest BCUT2D eigenvalue weighted by Gasteiger charge is -2.20. The molecule has 0 aliphatic carbocycles. The number of carbonyl (C=O) groups is 1. The van der Waals surface area contributed by atoms with Crippen LogP contribution in [0.15, 0.2) is 51.8 Å². The van der Waals surface area contributed by atoms with Crippen LogP contribution in [0.3, 0.4) is 0 Å². The summed E-state index contributed by atoms with van der Waals surface area (Å²) in [5.41, 5.74) is 0.583. The summed E-state index contributed by atoms with van der Waals surface area (Å²) in [6.45, 7) is 2.86. The van der Waals surface area contributed by atoms with E-state index in [2.05, 4.69) is 15.2 Å². The monoisotopic (exact) mass is 312 g/mol. The first-order valence-corrected chi connectivity index (χ1v) is 7.33. The van der Waals surface area contributed by atoms with E-state index in [0.29, 0.717) is 29.6 Å². The third-order valence-corrected chi connectivity index (χ3v) is 3.23. The van der Waals surface area contributed by atoms with Crippen LogP contribution in [0.5, 0.6) is 0 Å². The van der Waals surface area contributed by atoms with Gasteiger partial charge in [0.05, 0.1) is 12.8 Å². The number of nitrogens with zero attached hydrogens (tertiary/aromatic N) is 4. The Hall–Kier alpha value is -2.96. The molecule has 0 saturated heterocycles. The Bertz CT molecular complexity index is 753. The molecule has 0 aliphatic rings. The van der Waals surface area contributed by atoms with E-state index < -0.39 is 0 Å².